The molecule has 1 saturated heterocycles. The topological polar surface area (TPSA) is 37.4 Å². The van der Waals surface area contributed by atoms with E-state index in [1.54, 1.807) is 0 Å². The molecule has 0 unspecified atom stereocenters. The van der Waals surface area contributed by atoms with Crippen LogP contribution in [0.1, 0.15) is 13.8 Å². The van der Waals surface area contributed by atoms with Gasteiger partial charge in [0.25, 0.3) is 0 Å². The Morgan fingerprint density at radius 3 is 2.31 bits per heavy atom. The highest BCUT2D eigenvalue weighted by molar-refractivity contribution is 7.90. The standard InChI is InChI=1S/C9H19NO2S/c1-8(2)9-6-10(7-9)4-5-13(3,11)12/h8-9H,4-7H2,1-3H3. The molecular weight excluding hydrogens is 186 g/mol. The first-order valence-electron chi connectivity index (χ1n) is 4.78. The summed E-state index contributed by atoms with van der Waals surface area (Å²) in [6.45, 7) is 7.31. The molecule has 0 radical (unpaired) electrons. The van der Waals surface area contributed by atoms with Crippen LogP contribution in [-0.4, -0.2) is 45.0 Å². The number of hydrogen-bond donors (Lipinski definition) is 0. The van der Waals surface area contributed by atoms with Gasteiger partial charge in [-0.05, 0) is 11.8 Å². The lowest BCUT2D eigenvalue weighted by molar-refractivity contribution is 0.0752. The van der Waals surface area contributed by atoms with E-state index >= 15 is 0 Å². The van der Waals surface area contributed by atoms with Crippen molar-refractivity contribution in [3.8, 4) is 0 Å². The van der Waals surface area contributed by atoms with E-state index in [1.807, 2.05) is 0 Å². The zero-order valence-corrected chi connectivity index (χ0v) is 9.47. The molecule has 4 heteroatoms. The van der Waals surface area contributed by atoms with Crippen LogP contribution in [0.25, 0.3) is 0 Å². The number of sulfone groups is 1. The fourth-order valence-electron chi connectivity index (χ4n) is 1.51. The van der Waals surface area contributed by atoms with E-state index in [-0.39, 0.29) is 0 Å². The second-order valence-electron chi connectivity index (χ2n) is 4.39. The second kappa shape index (κ2) is 3.96. The minimum atomic E-state index is -2.77. The van der Waals surface area contributed by atoms with Crippen LogP contribution in [0.4, 0.5) is 0 Å². The molecule has 0 aromatic carbocycles. The van der Waals surface area contributed by atoms with Crippen molar-refractivity contribution in [1.82, 2.24) is 4.90 Å². The van der Waals surface area contributed by atoms with Crippen molar-refractivity contribution in [2.24, 2.45) is 11.8 Å². The van der Waals surface area contributed by atoms with Gasteiger partial charge in [-0.2, -0.15) is 0 Å². The Morgan fingerprint density at radius 1 is 1.38 bits per heavy atom. The molecule has 0 N–H and O–H groups in total. The minimum Gasteiger partial charge on any atom is -0.302 e. The largest absolute Gasteiger partial charge is 0.302 e. The Balaban J connectivity index is 2.16. The molecule has 1 rings (SSSR count). The molecule has 0 aromatic heterocycles. The molecule has 0 atom stereocenters. The van der Waals surface area contributed by atoms with Crippen LogP contribution in [0.2, 0.25) is 0 Å². The summed E-state index contributed by atoms with van der Waals surface area (Å²) in [5.41, 5.74) is 0. The lowest BCUT2D eigenvalue weighted by atomic mass is 9.89. The number of hydrogen-bond acceptors (Lipinski definition) is 3. The van der Waals surface area contributed by atoms with Crippen LogP contribution in [0.5, 0.6) is 0 Å². The highest BCUT2D eigenvalue weighted by Crippen LogP contribution is 2.22. The normalized spacial score (nSPS) is 20.6. The smallest absolute Gasteiger partial charge is 0.148 e. The molecule has 78 valence electrons. The van der Waals surface area contributed by atoms with Crippen LogP contribution < -0.4 is 0 Å². The zero-order chi connectivity index (χ0) is 10.1. The maximum absolute atomic E-state index is 10.9. The summed E-state index contributed by atoms with van der Waals surface area (Å²) in [6.07, 6.45) is 1.30. The van der Waals surface area contributed by atoms with Crippen molar-refractivity contribution in [2.75, 3.05) is 31.6 Å². The summed E-state index contributed by atoms with van der Waals surface area (Å²) in [7, 11) is -2.77. The molecule has 0 aliphatic carbocycles. The average molecular weight is 205 g/mol. The maximum Gasteiger partial charge on any atom is 0.148 e. The third-order valence-corrected chi connectivity index (χ3v) is 3.63. The van der Waals surface area contributed by atoms with Crippen molar-refractivity contribution in [2.45, 2.75) is 13.8 Å². The summed E-state index contributed by atoms with van der Waals surface area (Å²) in [5, 5.41) is 0. The Hall–Kier alpha value is -0.0900. The molecular formula is C9H19NO2S. The third-order valence-electron chi connectivity index (χ3n) is 2.71. The molecule has 1 fully saturated rings. The average Bonchev–Trinajstić information content (AvgIpc) is 1.79. The van der Waals surface area contributed by atoms with E-state index in [9.17, 15) is 8.42 Å². The summed E-state index contributed by atoms with van der Waals surface area (Å²) >= 11 is 0. The SMILES string of the molecule is CC(C)C1CN(CCS(C)(=O)=O)C1. The van der Waals surface area contributed by atoms with Gasteiger partial charge in [0.05, 0.1) is 5.75 Å². The first-order chi connectivity index (χ1) is 5.88. The van der Waals surface area contributed by atoms with Gasteiger partial charge in [0, 0.05) is 25.9 Å². The van der Waals surface area contributed by atoms with Crippen molar-refractivity contribution in [3.63, 3.8) is 0 Å². The summed E-state index contributed by atoms with van der Waals surface area (Å²) in [5.74, 6) is 1.81. The number of rotatable bonds is 4. The summed E-state index contributed by atoms with van der Waals surface area (Å²) in [6, 6.07) is 0. The van der Waals surface area contributed by atoms with E-state index in [2.05, 4.69) is 18.7 Å². The predicted octanol–water partition coefficient (Wildman–Crippen LogP) is 0.619. The van der Waals surface area contributed by atoms with E-state index in [1.165, 1.54) is 6.26 Å². The quantitative estimate of drug-likeness (QED) is 0.675. The fourth-order valence-corrected chi connectivity index (χ4v) is 2.10. The monoisotopic (exact) mass is 205 g/mol. The van der Waals surface area contributed by atoms with E-state index in [4.69, 9.17) is 0 Å². The molecule has 1 heterocycles. The van der Waals surface area contributed by atoms with Gasteiger partial charge < -0.3 is 4.90 Å². The molecule has 3 nitrogen and oxygen atoms in total. The van der Waals surface area contributed by atoms with Gasteiger partial charge in [0.15, 0.2) is 0 Å². The van der Waals surface area contributed by atoms with Gasteiger partial charge in [0.2, 0.25) is 0 Å². The second-order valence-corrected chi connectivity index (χ2v) is 6.65. The molecule has 1 aliphatic rings. The minimum absolute atomic E-state index is 0.303. The molecule has 0 spiro atoms. The lowest BCUT2D eigenvalue weighted by Crippen LogP contribution is -2.50. The van der Waals surface area contributed by atoms with Crippen molar-refractivity contribution < 1.29 is 8.42 Å². The highest BCUT2D eigenvalue weighted by Gasteiger charge is 2.28. The van der Waals surface area contributed by atoms with Gasteiger partial charge in [-0.15, -0.1) is 0 Å². The summed E-state index contributed by atoms with van der Waals surface area (Å²) < 4.78 is 21.7. The van der Waals surface area contributed by atoms with Gasteiger partial charge in [0.1, 0.15) is 9.84 Å². The van der Waals surface area contributed by atoms with E-state index in [0.29, 0.717) is 12.3 Å². The molecule has 1 aliphatic heterocycles. The van der Waals surface area contributed by atoms with Crippen molar-refractivity contribution >= 4 is 9.84 Å². The van der Waals surface area contributed by atoms with Crippen molar-refractivity contribution in [3.05, 3.63) is 0 Å². The molecule has 0 aromatic rings. The Morgan fingerprint density at radius 2 is 1.92 bits per heavy atom. The molecule has 0 bridgehead atoms. The fraction of sp³-hybridized carbons (Fsp3) is 1.00. The third kappa shape index (κ3) is 3.65. The van der Waals surface area contributed by atoms with Crippen LogP contribution in [0.3, 0.4) is 0 Å². The molecule has 0 saturated carbocycles. The van der Waals surface area contributed by atoms with Crippen LogP contribution in [-0.2, 0) is 9.84 Å². The maximum atomic E-state index is 10.9. The first kappa shape index (κ1) is 11.0. The van der Waals surface area contributed by atoms with Gasteiger partial charge in [-0.3, -0.25) is 0 Å². The van der Waals surface area contributed by atoms with Gasteiger partial charge >= 0.3 is 0 Å². The Labute approximate surface area is 81.0 Å². The Kier molecular flexibility index (Phi) is 3.35. The number of likely N-dealkylation sites (tertiary alicyclic amines) is 1. The van der Waals surface area contributed by atoms with Gasteiger partial charge in [-0.25, -0.2) is 8.42 Å². The Bertz CT molecular complexity index is 253. The van der Waals surface area contributed by atoms with Crippen LogP contribution in [0.15, 0.2) is 0 Å². The zero-order valence-electron chi connectivity index (χ0n) is 8.66. The molecule has 0 amide bonds. The lowest BCUT2D eigenvalue weighted by Gasteiger charge is -2.41. The highest BCUT2D eigenvalue weighted by atomic mass is 32.2. The predicted molar refractivity (Wildman–Crippen MR) is 54.5 cm³/mol. The van der Waals surface area contributed by atoms with E-state index < -0.39 is 9.84 Å². The van der Waals surface area contributed by atoms with E-state index in [0.717, 1.165) is 24.9 Å². The molecule has 13 heavy (non-hydrogen) atoms. The summed E-state index contributed by atoms with van der Waals surface area (Å²) in [4.78, 5) is 2.21. The number of nitrogens with zero attached hydrogens (tertiary/aromatic N) is 1. The van der Waals surface area contributed by atoms with Crippen LogP contribution >= 0.6 is 0 Å². The van der Waals surface area contributed by atoms with Gasteiger partial charge in [-0.1, -0.05) is 13.8 Å². The first-order valence-corrected chi connectivity index (χ1v) is 6.84. The van der Waals surface area contributed by atoms with Crippen molar-refractivity contribution in [1.29, 1.82) is 0 Å². The van der Waals surface area contributed by atoms with Crippen LogP contribution in [0, 0.1) is 11.8 Å².